The molecule has 114 valence electrons. The van der Waals surface area contributed by atoms with E-state index < -0.39 is 0 Å². The van der Waals surface area contributed by atoms with Crippen molar-refractivity contribution in [2.45, 2.75) is 13.3 Å². The topological polar surface area (TPSA) is 45.7 Å². The lowest BCUT2D eigenvalue weighted by Crippen LogP contribution is -2.24. The molecule has 0 heterocycles. The lowest BCUT2D eigenvalue weighted by atomic mass is 10.1. The van der Waals surface area contributed by atoms with Crippen molar-refractivity contribution in [3.8, 4) is 5.75 Å². The van der Waals surface area contributed by atoms with E-state index in [2.05, 4.69) is 34.9 Å². The van der Waals surface area contributed by atoms with Crippen molar-refractivity contribution < 1.29 is 4.74 Å². The van der Waals surface area contributed by atoms with Gasteiger partial charge in [0.15, 0.2) is 5.11 Å². The number of hydrogen-bond acceptors (Lipinski definition) is 3. The van der Waals surface area contributed by atoms with E-state index in [9.17, 15) is 0 Å². The van der Waals surface area contributed by atoms with Gasteiger partial charge in [-0.2, -0.15) is 5.10 Å². The zero-order valence-electron chi connectivity index (χ0n) is 12.7. The van der Waals surface area contributed by atoms with Crippen LogP contribution < -0.4 is 15.5 Å². The fourth-order valence-electron chi connectivity index (χ4n) is 1.90. The molecule has 0 aliphatic heterocycles. The van der Waals surface area contributed by atoms with E-state index in [1.165, 1.54) is 5.56 Å². The molecule has 0 fully saturated rings. The third-order valence-corrected chi connectivity index (χ3v) is 3.32. The van der Waals surface area contributed by atoms with Crippen molar-refractivity contribution in [3.05, 3.63) is 59.7 Å². The Morgan fingerprint density at radius 2 is 1.91 bits per heavy atom. The van der Waals surface area contributed by atoms with Crippen molar-refractivity contribution in [2.75, 3.05) is 12.4 Å². The molecule has 5 heteroatoms. The number of rotatable bonds is 5. The Kier molecular flexibility index (Phi) is 5.91. The Morgan fingerprint density at radius 3 is 2.59 bits per heavy atom. The van der Waals surface area contributed by atoms with E-state index in [-0.39, 0.29) is 0 Å². The first-order valence-electron chi connectivity index (χ1n) is 7.05. The number of anilines is 1. The maximum absolute atomic E-state index is 5.25. The van der Waals surface area contributed by atoms with Crippen LogP contribution in [0.4, 0.5) is 5.69 Å². The zero-order valence-corrected chi connectivity index (χ0v) is 13.5. The Labute approximate surface area is 136 Å². The summed E-state index contributed by atoms with van der Waals surface area (Å²) in [5.41, 5.74) is 5.91. The van der Waals surface area contributed by atoms with Crippen molar-refractivity contribution in [1.29, 1.82) is 0 Å². The molecule has 0 spiro atoms. The monoisotopic (exact) mass is 313 g/mol. The highest BCUT2D eigenvalue weighted by Crippen LogP contribution is 2.22. The van der Waals surface area contributed by atoms with Gasteiger partial charge in [0, 0.05) is 0 Å². The molecule has 0 aliphatic rings. The molecule has 2 aromatic carbocycles. The molecule has 0 aromatic heterocycles. The molecule has 0 bridgehead atoms. The summed E-state index contributed by atoms with van der Waals surface area (Å²) in [6.07, 6.45) is 2.76. The van der Waals surface area contributed by atoms with Crippen molar-refractivity contribution in [1.82, 2.24) is 5.43 Å². The lowest BCUT2D eigenvalue weighted by Gasteiger charge is -2.10. The first kappa shape index (κ1) is 16.0. The summed E-state index contributed by atoms with van der Waals surface area (Å²) in [6.45, 7) is 2.13. The number of ether oxygens (including phenoxy) is 1. The maximum atomic E-state index is 5.25. The summed E-state index contributed by atoms with van der Waals surface area (Å²) in [6, 6.07) is 15.8. The second kappa shape index (κ2) is 8.14. The fraction of sp³-hybridized carbons (Fsp3) is 0.176. The number of para-hydroxylation sites is 2. The summed E-state index contributed by atoms with van der Waals surface area (Å²) >= 11 is 5.21. The summed E-state index contributed by atoms with van der Waals surface area (Å²) in [7, 11) is 1.62. The third-order valence-electron chi connectivity index (χ3n) is 3.12. The number of nitrogens with zero attached hydrogens (tertiary/aromatic N) is 1. The minimum absolute atomic E-state index is 0.408. The normalized spacial score (nSPS) is 10.5. The van der Waals surface area contributed by atoms with Crippen LogP contribution in [0.15, 0.2) is 53.6 Å². The van der Waals surface area contributed by atoms with E-state index in [4.69, 9.17) is 17.0 Å². The first-order valence-corrected chi connectivity index (χ1v) is 7.45. The molecule has 0 radical (unpaired) electrons. The van der Waals surface area contributed by atoms with Crippen molar-refractivity contribution in [3.63, 3.8) is 0 Å². The SMILES string of the molecule is CCc1ccc(/C=N\NC(=S)Nc2ccccc2OC)cc1. The molecule has 0 aliphatic carbocycles. The molecule has 0 atom stereocenters. The van der Waals surface area contributed by atoms with Crippen LogP contribution in [0.25, 0.3) is 0 Å². The average Bonchev–Trinajstić information content (AvgIpc) is 2.56. The molecule has 2 N–H and O–H groups in total. The van der Waals surface area contributed by atoms with Gasteiger partial charge in [0.1, 0.15) is 5.75 Å². The molecule has 22 heavy (non-hydrogen) atoms. The van der Waals surface area contributed by atoms with Gasteiger partial charge in [0.05, 0.1) is 19.0 Å². The lowest BCUT2D eigenvalue weighted by molar-refractivity contribution is 0.417. The van der Waals surface area contributed by atoms with Crippen LogP contribution in [0, 0.1) is 0 Å². The van der Waals surface area contributed by atoms with Crippen LogP contribution in [-0.4, -0.2) is 18.4 Å². The van der Waals surface area contributed by atoms with Gasteiger partial charge in [-0.15, -0.1) is 0 Å². The highest BCUT2D eigenvalue weighted by atomic mass is 32.1. The Balaban J connectivity index is 1.90. The van der Waals surface area contributed by atoms with Gasteiger partial charge >= 0.3 is 0 Å². The smallest absolute Gasteiger partial charge is 0.191 e. The van der Waals surface area contributed by atoms with E-state index in [1.54, 1.807) is 13.3 Å². The summed E-state index contributed by atoms with van der Waals surface area (Å²) in [5.74, 6) is 0.728. The van der Waals surface area contributed by atoms with Crippen LogP contribution in [0.1, 0.15) is 18.1 Å². The third kappa shape index (κ3) is 4.56. The predicted octanol–water partition coefficient (Wildman–Crippen LogP) is 3.58. The number of thiocarbonyl (C=S) groups is 1. The highest BCUT2D eigenvalue weighted by Gasteiger charge is 2.02. The van der Waals surface area contributed by atoms with Crippen LogP contribution in [0.2, 0.25) is 0 Å². The number of benzene rings is 2. The summed E-state index contributed by atoms with van der Waals surface area (Å²) < 4.78 is 5.25. The number of hydrogen-bond donors (Lipinski definition) is 2. The molecule has 0 unspecified atom stereocenters. The summed E-state index contributed by atoms with van der Waals surface area (Å²) in [5, 5.41) is 7.58. The molecule has 0 saturated carbocycles. The van der Waals surface area contributed by atoms with Crippen LogP contribution >= 0.6 is 12.2 Å². The van der Waals surface area contributed by atoms with Gasteiger partial charge in [-0.1, -0.05) is 43.3 Å². The van der Waals surface area contributed by atoms with Crippen LogP contribution in [0.3, 0.4) is 0 Å². The molecule has 0 amide bonds. The Morgan fingerprint density at radius 1 is 1.18 bits per heavy atom. The quantitative estimate of drug-likeness (QED) is 0.503. The van der Waals surface area contributed by atoms with E-state index >= 15 is 0 Å². The average molecular weight is 313 g/mol. The fourth-order valence-corrected chi connectivity index (χ4v) is 2.07. The van der Waals surface area contributed by atoms with Gasteiger partial charge in [-0.05, 0) is 41.9 Å². The summed E-state index contributed by atoms with van der Waals surface area (Å²) in [4.78, 5) is 0. The van der Waals surface area contributed by atoms with Crippen LogP contribution in [0.5, 0.6) is 5.75 Å². The van der Waals surface area contributed by atoms with Gasteiger partial charge in [0.25, 0.3) is 0 Å². The van der Waals surface area contributed by atoms with Gasteiger partial charge in [-0.3, -0.25) is 5.43 Å². The van der Waals surface area contributed by atoms with Crippen molar-refractivity contribution >= 4 is 29.2 Å². The minimum Gasteiger partial charge on any atom is -0.495 e. The van der Waals surface area contributed by atoms with E-state index in [0.29, 0.717) is 5.11 Å². The number of methoxy groups -OCH3 is 1. The number of aryl methyl sites for hydroxylation is 1. The van der Waals surface area contributed by atoms with Gasteiger partial charge in [-0.25, -0.2) is 0 Å². The van der Waals surface area contributed by atoms with Crippen molar-refractivity contribution in [2.24, 2.45) is 5.10 Å². The Bertz CT molecular complexity index is 653. The van der Waals surface area contributed by atoms with Crippen LogP contribution in [-0.2, 0) is 6.42 Å². The molecule has 0 saturated heterocycles. The molecule has 2 aromatic rings. The zero-order chi connectivity index (χ0) is 15.8. The maximum Gasteiger partial charge on any atom is 0.191 e. The second-order valence-corrected chi connectivity index (χ2v) is 5.03. The van der Waals surface area contributed by atoms with E-state index in [0.717, 1.165) is 23.4 Å². The Hall–Kier alpha value is -2.40. The molecule has 2 rings (SSSR count). The standard InChI is InChI=1S/C17H19N3OS/c1-3-13-8-10-14(11-9-13)12-18-20-17(22)19-15-6-4-5-7-16(15)21-2/h4-12H,3H2,1-2H3,(H2,19,20,22)/b18-12-. The van der Waals surface area contributed by atoms with Gasteiger partial charge < -0.3 is 10.1 Å². The molecule has 4 nitrogen and oxygen atoms in total. The van der Waals surface area contributed by atoms with E-state index in [1.807, 2.05) is 36.4 Å². The first-order chi connectivity index (χ1) is 10.7. The minimum atomic E-state index is 0.408. The molecular formula is C17H19N3OS. The predicted molar refractivity (Wildman–Crippen MR) is 95.8 cm³/mol. The highest BCUT2D eigenvalue weighted by molar-refractivity contribution is 7.80. The number of nitrogens with one attached hydrogen (secondary N) is 2. The van der Waals surface area contributed by atoms with Gasteiger partial charge in [0.2, 0.25) is 0 Å². The largest absolute Gasteiger partial charge is 0.495 e. The molecular weight excluding hydrogens is 294 g/mol. The second-order valence-electron chi connectivity index (χ2n) is 4.62. The number of hydrazone groups is 1.